The van der Waals surface area contributed by atoms with Gasteiger partial charge in [0.2, 0.25) is 0 Å². The molecular weight excluding hydrogens is 510 g/mol. The van der Waals surface area contributed by atoms with Gasteiger partial charge in [-0.3, -0.25) is 9.39 Å². The second-order valence-corrected chi connectivity index (χ2v) is 6.91. The summed E-state index contributed by atoms with van der Waals surface area (Å²) < 4.78 is 1.98. The molecule has 9 heteroatoms. The number of hydrogen-bond acceptors (Lipinski definition) is 3. The van der Waals surface area contributed by atoms with Crippen LogP contribution in [0.2, 0.25) is 10.0 Å². The van der Waals surface area contributed by atoms with E-state index in [1.54, 1.807) is 6.07 Å². The van der Waals surface area contributed by atoms with Gasteiger partial charge >= 0.3 is 0 Å². The number of aliphatic imine (C=N–C) groups is 1. The lowest BCUT2D eigenvalue weighted by molar-refractivity contribution is 0.685. The maximum atomic E-state index is 6.12. The summed E-state index contributed by atoms with van der Waals surface area (Å²) in [5.41, 5.74) is 1.88. The minimum absolute atomic E-state index is 0. The van der Waals surface area contributed by atoms with Gasteiger partial charge in [-0.2, -0.15) is 0 Å². The molecule has 2 aromatic heterocycles. The summed E-state index contributed by atoms with van der Waals surface area (Å²) >= 11 is 12.1. The second kappa shape index (κ2) is 10.8. The Bertz CT molecular complexity index is 943. The highest BCUT2D eigenvalue weighted by atomic mass is 127. The number of hydrogen-bond donors (Lipinski definition) is 2. The summed E-state index contributed by atoms with van der Waals surface area (Å²) in [6, 6.07) is 11.5. The van der Waals surface area contributed by atoms with Crippen LogP contribution >= 0.6 is 47.2 Å². The monoisotopic (exact) mass is 532 g/mol. The van der Waals surface area contributed by atoms with Gasteiger partial charge in [0.25, 0.3) is 0 Å². The zero-order valence-electron chi connectivity index (χ0n) is 15.7. The van der Waals surface area contributed by atoms with Crippen molar-refractivity contribution in [2.45, 2.75) is 26.3 Å². The fraction of sp³-hybridized carbons (Fsp3) is 0.316. The first-order chi connectivity index (χ1) is 13.1. The number of nitrogens with one attached hydrogen (secondary N) is 2. The van der Waals surface area contributed by atoms with Gasteiger partial charge < -0.3 is 10.6 Å². The predicted molar refractivity (Wildman–Crippen MR) is 126 cm³/mol. The molecule has 0 bridgehead atoms. The van der Waals surface area contributed by atoms with Crippen LogP contribution in [-0.4, -0.2) is 33.6 Å². The molecule has 6 nitrogen and oxygen atoms in total. The SMILES string of the molecule is CCNC(=NCCc1nnc2ccccn12)NC(C)c1ccc(Cl)c(Cl)c1.I. The molecule has 1 atom stereocenters. The number of pyridine rings is 1. The number of rotatable bonds is 6. The highest BCUT2D eigenvalue weighted by molar-refractivity contribution is 14.0. The van der Waals surface area contributed by atoms with Crippen LogP contribution in [0.25, 0.3) is 5.65 Å². The van der Waals surface area contributed by atoms with Crippen molar-refractivity contribution >= 4 is 58.8 Å². The third-order valence-electron chi connectivity index (χ3n) is 4.13. The third kappa shape index (κ3) is 5.71. The van der Waals surface area contributed by atoms with E-state index in [-0.39, 0.29) is 30.0 Å². The van der Waals surface area contributed by atoms with Crippen molar-refractivity contribution in [1.29, 1.82) is 0 Å². The van der Waals surface area contributed by atoms with Crippen molar-refractivity contribution in [2.75, 3.05) is 13.1 Å². The lowest BCUT2D eigenvalue weighted by atomic mass is 10.1. The zero-order chi connectivity index (χ0) is 19.2. The molecule has 2 N–H and O–H groups in total. The standard InChI is InChI=1S/C19H22Cl2N6.HI/c1-3-22-19(24-13(2)14-7-8-15(20)16(21)12-14)23-10-9-18-26-25-17-6-4-5-11-27(17)18;/h4-8,11-13H,3,9-10H2,1-2H3,(H2,22,23,24);1H. The molecule has 0 spiro atoms. The van der Waals surface area contributed by atoms with Crippen molar-refractivity contribution in [3.63, 3.8) is 0 Å². The molecule has 0 amide bonds. The molecule has 0 aliphatic heterocycles. The Morgan fingerprint density at radius 1 is 1.18 bits per heavy atom. The molecule has 0 fully saturated rings. The molecule has 0 aliphatic carbocycles. The molecule has 0 aliphatic rings. The zero-order valence-corrected chi connectivity index (χ0v) is 19.5. The number of guanidine groups is 1. The quantitative estimate of drug-likeness (QED) is 0.278. The van der Waals surface area contributed by atoms with Gasteiger partial charge in [-0.1, -0.05) is 35.3 Å². The Kier molecular flexibility index (Phi) is 8.78. The molecule has 2 heterocycles. The minimum atomic E-state index is 0. The van der Waals surface area contributed by atoms with Crippen LogP contribution in [0.5, 0.6) is 0 Å². The van der Waals surface area contributed by atoms with Crippen LogP contribution in [0, 0.1) is 0 Å². The molecule has 150 valence electrons. The summed E-state index contributed by atoms with van der Waals surface area (Å²) in [7, 11) is 0. The largest absolute Gasteiger partial charge is 0.357 e. The lowest BCUT2D eigenvalue weighted by Gasteiger charge is -2.18. The van der Waals surface area contributed by atoms with Crippen molar-refractivity contribution in [2.24, 2.45) is 4.99 Å². The smallest absolute Gasteiger partial charge is 0.191 e. The number of halogens is 3. The van der Waals surface area contributed by atoms with Gasteiger partial charge in [0.15, 0.2) is 11.6 Å². The highest BCUT2D eigenvalue weighted by Gasteiger charge is 2.10. The van der Waals surface area contributed by atoms with E-state index >= 15 is 0 Å². The van der Waals surface area contributed by atoms with Crippen LogP contribution in [0.3, 0.4) is 0 Å². The van der Waals surface area contributed by atoms with E-state index in [4.69, 9.17) is 23.2 Å². The number of nitrogens with zero attached hydrogens (tertiary/aromatic N) is 4. The van der Waals surface area contributed by atoms with Crippen molar-refractivity contribution in [3.05, 3.63) is 64.0 Å². The first kappa shape index (κ1) is 22.7. The summed E-state index contributed by atoms with van der Waals surface area (Å²) in [5.74, 6) is 1.63. The number of benzene rings is 1. The van der Waals surface area contributed by atoms with E-state index in [9.17, 15) is 0 Å². The van der Waals surface area contributed by atoms with Gasteiger partial charge in [0, 0.05) is 25.7 Å². The summed E-state index contributed by atoms with van der Waals surface area (Å²) in [4.78, 5) is 4.65. The van der Waals surface area contributed by atoms with Crippen LogP contribution in [0.15, 0.2) is 47.6 Å². The van der Waals surface area contributed by atoms with Crippen LogP contribution in [0.4, 0.5) is 0 Å². The van der Waals surface area contributed by atoms with Gasteiger partial charge in [-0.25, -0.2) is 0 Å². The maximum absolute atomic E-state index is 6.12. The Hall–Kier alpha value is -1.58. The molecule has 1 aromatic carbocycles. The number of aromatic nitrogens is 3. The average Bonchev–Trinajstić information content (AvgIpc) is 3.07. The van der Waals surface area contributed by atoms with Crippen molar-refractivity contribution < 1.29 is 0 Å². The van der Waals surface area contributed by atoms with Crippen LogP contribution in [-0.2, 0) is 6.42 Å². The Labute approximate surface area is 191 Å². The van der Waals surface area contributed by atoms with Gasteiger partial charge in [0.1, 0.15) is 5.82 Å². The fourth-order valence-corrected chi connectivity index (χ4v) is 3.03. The molecule has 1 unspecified atom stereocenters. The van der Waals surface area contributed by atoms with E-state index in [2.05, 4.69) is 32.7 Å². The molecule has 3 aromatic rings. The average molecular weight is 533 g/mol. The Morgan fingerprint density at radius 3 is 2.75 bits per heavy atom. The fourth-order valence-electron chi connectivity index (χ4n) is 2.72. The van der Waals surface area contributed by atoms with Crippen molar-refractivity contribution in [1.82, 2.24) is 25.2 Å². The maximum Gasteiger partial charge on any atom is 0.191 e. The summed E-state index contributed by atoms with van der Waals surface area (Å²) in [6.45, 7) is 5.46. The molecule has 0 radical (unpaired) electrons. The van der Waals surface area contributed by atoms with E-state index in [1.807, 2.05) is 47.9 Å². The number of fused-ring (bicyclic) bond motifs is 1. The molecule has 0 saturated carbocycles. The first-order valence-corrected chi connectivity index (χ1v) is 9.62. The van der Waals surface area contributed by atoms with E-state index in [1.165, 1.54) is 0 Å². The summed E-state index contributed by atoms with van der Waals surface area (Å²) in [6.07, 6.45) is 2.66. The molecular formula is C19H23Cl2IN6. The Balaban J connectivity index is 0.00000280. The predicted octanol–water partition coefficient (Wildman–Crippen LogP) is 4.51. The first-order valence-electron chi connectivity index (χ1n) is 8.87. The topological polar surface area (TPSA) is 66.6 Å². The Morgan fingerprint density at radius 2 is 2.00 bits per heavy atom. The van der Waals surface area contributed by atoms with Crippen LogP contribution in [0.1, 0.15) is 31.3 Å². The normalized spacial score (nSPS) is 12.5. The lowest BCUT2D eigenvalue weighted by Crippen LogP contribution is -2.38. The van der Waals surface area contributed by atoms with E-state index < -0.39 is 0 Å². The molecule has 3 rings (SSSR count). The van der Waals surface area contributed by atoms with Crippen LogP contribution < -0.4 is 10.6 Å². The van der Waals surface area contributed by atoms with E-state index in [0.29, 0.717) is 23.0 Å². The van der Waals surface area contributed by atoms with E-state index in [0.717, 1.165) is 29.5 Å². The molecule has 0 saturated heterocycles. The summed E-state index contributed by atoms with van der Waals surface area (Å²) in [5, 5.41) is 16.2. The highest BCUT2D eigenvalue weighted by Crippen LogP contribution is 2.25. The van der Waals surface area contributed by atoms with Gasteiger partial charge in [-0.05, 0) is 43.7 Å². The molecule has 28 heavy (non-hydrogen) atoms. The third-order valence-corrected chi connectivity index (χ3v) is 4.87. The minimum Gasteiger partial charge on any atom is -0.357 e. The van der Waals surface area contributed by atoms with Gasteiger partial charge in [-0.15, -0.1) is 34.2 Å². The van der Waals surface area contributed by atoms with Gasteiger partial charge in [0.05, 0.1) is 16.1 Å². The second-order valence-electron chi connectivity index (χ2n) is 6.10. The van der Waals surface area contributed by atoms with Crippen molar-refractivity contribution in [3.8, 4) is 0 Å².